The molecular formula is C8H18N4O. The lowest BCUT2D eigenvalue weighted by molar-refractivity contribution is 0.206. The van der Waals surface area contributed by atoms with E-state index in [1.807, 2.05) is 0 Å². The first-order chi connectivity index (χ1) is 6.18. The van der Waals surface area contributed by atoms with Gasteiger partial charge in [-0.2, -0.15) is 0 Å². The van der Waals surface area contributed by atoms with Crippen LogP contribution in [0, 0.1) is 0 Å². The molecule has 4 N–H and O–H groups in total. The summed E-state index contributed by atoms with van der Waals surface area (Å²) in [5.74, 6) is 0. The van der Waals surface area contributed by atoms with E-state index >= 15 is 0 Å². The zero-order chi connectivity index (χ0) is 9.68. The van der Waals surface area contributed by atoms with E-state index < -0.39 is 6.03 Å². The highest BCUT2D eigenvalue weighted by Gasteiger charge is 2.14. The third-order valence-electron chi connectivity index (χ3n) is 2.18. The molecule has 1 rings (SSSR count). The molecule has 1 saturated heterocycles. The standard InChI is InChI=1S/C8H18N4O/c1-7-6-12(4-2-10-7)5-3-11-8(9)13/h7,10H,2-6H2,1H3,(H3,9,11,13). The van der Waals surface area contributed by atoms with Gasteiger partial charge in [-0.1, -0.05) is 0 Å². The second-order valence-electron chi connectivity index (χ2n) is 3.45. The molecule has 0 radical (unpaired) electrons. The van der Waals surface area contributed by atoms with Gasteiger partial charge in [0.05, 0.1) is 0 Å². The lowest BCUT2D eigenvalue weighted by Gasteiger charge is -2.31. The largest absolute Gasteiger partial charge is 0.352 e. The van der Waals surface area contributed by atoms with Gasteiger partial charge in [-0.25, -0.2) is 4.79 Å². The summed E-state index contributed by atoms with van der Waals surface area (Å²) >= 11 is 0. The number of rotatable bonds is 3. The quantitative estimate of drug-likeness (QED) is 0.526. The van der Waals surface area contributed by atoms with Gasteiger partial charge in [0.1, 0.15) is 0 Å². The zero-order valence-electron chi connectivity index (χ0n) is 8.05. The fraction of sp³-hybridized carbons (Fsp3) is 0.875. The number of nitrogens with zero attached hydrogens (tertiary/aromatic N) is 1. The third-order valence-corrected chi connectivity index (χ3v) is 2.18. The second kappa shape index (κ2) is 5.04. The van der Waals surface area contributed by atoms with Crippen LogP contribution in [-0.2, 0) is 0 Å². The summed E-state index contributed by atoms with van der Waals surface area (Å²) in [5, 5.41) is 5.94. The minimum atomic E-state index is -0.441. The van der Waals surface area contributed by atoms with Crippen LogP contribution in [0.15, 0.2) is 0 Å². The van der Waals surface area contributed by atoms with E-state index in [9.17, 15) is 4.79 Å². The predicted molar refractivity (Wildman–Crippen MR) is 51.5 cm³/mol. The maximum absolute atomic E-state index is 10.4. The number of hydrogen-bond acceptors (Lipinski definition) is 3. The van der Waals surface area contributed by atoms with Crippen molar-refractivity contribution in [3.05, 3.63) is 0 Å². The van der Waals surface area contributed by atoms with Crippen LogP contribution in [0.25, 0.3) is 0 Å². The molecule has 1 aliphatic heterocycles. The van der Waals surface area contributed by atoms with E-state index in [4.69, 9.17) is 5.73 Å². The molecule has 1 fully saturated rings. The molecular weight excluding hydrogens is 168 g/mol. The molecule has 0 aromatic rings. The Morgan fingerprint density at radius 3 is 3.15 bits per heavy atom. The highest BCUT2D eigenvalue weighted by molar-refractivity contribution is 5.71. The first kappa shape index (κ1) is 10.3. The predicted octanol–water partition coefficient (Wildman–Crippen LogP) is -1.05. The number of urea groups is 1. The number of carbonyl (C=O) groups excluding carboxylic acids is 1. The molecule has 5 heteroatoms. The van der Waals surface area contributed by atoms with Crippen molar-refractivity contribution >= 4 is 6.03 Å². The van der Waals surface area contributed by atoms with Crippen LogP contribution < -0.4 is 16.4 Å². The minimum Gasteiger partial charge on any atom is -0.352 e. The molecule has 76 valence electrons. The number of nitrogens with one attached hydrogen (secondary N) is 2. The number of amides is 2. The Labute approximate surface area is 78.6 Å². The van der Waals surface area contributed by atoms with Crippen molar-refractivity contribution in [3.8, 4) is 0 Å². The van der Waals surface area contributed by atoms with E-state index in [1.54, 1.807) is 0 Å². The first-order valence-electron chi connectivity index (χ1n) is 4.67. The molecule has 1 heterocycles. The van der Waals surface area contributed by atoms with Gasteiger partial charge >= 0.3 is 6.03 Å². The average Bonchev–Trinajstić information content (AvgIpc) is 2.03. The fourth-order valence-corrected chi connectivity index (χ4v) is 1.55. The van der Waals surface area contributed by atoms with Crippen LogP contribution in [0.5, 0.6) is 0 Å². The minimum absolute atomic E-state index is 0.441. The molecule has 0 spiro atoms. The molecule has 0 aromatic carbocycles. The fourth-order valence-electron chi connectivity index (χ4n) is 1.55. The van der Waals surface area contributed by atoms with Gasteiger partial charge in [0.2, 0.25) is 0 Å². The summed E-state index contributed by atoms with van der Waals surface area (Å²) in [7, 11) is 0. The van der Waals surface area contributed by atoms with Gasteiger partial charge < -0.3 is 16.4 Å². The highest BCUT2D eigenvalue weighted by Crippen LogP contribution is 1.96. The Bertz CT molecular complexity index is 174. The summed E-state index contributed by atoms with van der Waals surface area (Å²) in [4.78, 5) is 12.7. The number of primary amides is 1. The topological polar surface area (TPSA) is 70.4 Å². The van der Waals surface area contributed by atoms with E-state index in [1.165, 1.54) is 0 Å². The molecule has 13 heavy (non-hydrogen) atoms. The normalized spacial score (nSPS) is 24.2. The summed E-state index contributed by atoms with van der Waals surface area (Å²) in [5.41, 5.74) is 4.95. The summed E-state index contributed by atoms with van der Waals surface area (Å²) in [6, 6.07) is 0.102. The average molecular weight is 186 g/mol. The number of carbonyl (C=O) groups is 1. The molecule has 1 unspecified atom stereocenters. The van der Waals surface area contributed by atoms with Crippen LogP contribution in [-0.4, -0.2) is 49.7 Å². The lowest BCUT2D eigenvalue weighted by Crippen LogP contribution is -2.51. The van der Waals surface area contributed by atoms with Crippen molar-refractivity contribution in [1.29, 1.82) is 0 Å². The third kappa shape index (κ3) is 4.10. The number of piperazine rings is 1. The number of nitrogens with two attached hydrogens (primary N) is 1. The van der Waals surface area contributed by atoms with Gasteiger partial charge in [-0.3, -0.25) is 4.90 Å². The van der Waals surface area contributed by atoms with Gasteiger partial charge in [0, 0.05) is 38.8 Å². The van der Waals surface area contributed by atoms with E-state index in [0.29, 0.717) is 12.6 Å². The second-order valence-corrected chi connectivity index (χ2v) is 3.45. The molecule has 5 nitrogen and oxygen atoms in total. The Morgan fingerprint density at radius 2 is 2.54 bits per heavy atom. The maximum atomic E-state index is 10.4. The highest BCUT2D eigenvalue weighted by atomic mass is 16.2. The molecule has 0 aliphatic carbocycles. The van der Waals surface area contributed by atoms with Crippen LogP contribution >= 0.6 is 0 Å². The Hall–Kier alpha value is -0.810. The van der Waals surface area contributed by atoms with Gasteiger partial charge in [-0.15, -0.1) is 0 Å². The van der Waals surface area contributed by atoms with Crippen molar-refractivity contribution in [2.24, 2.45) is 5.73 Å². The van der Waals surface area contributed by atoms with Crippen molar-refractivity contribution in [3.63, 3.8) is 0 Å². The molecule has 0 aromatic heterocycles. The van der Waals surface area contributed by atoms with Crippen molar-refractivity contribution in [1.82, 2.24) is 15.5 Å². The van der Waals surface area contributed by atoms with Crippen LogP contribution in [0.3, 0.4) is 0 Å². The lowest BCUT2D eigenvalue weighted by atomic mass is 10.2. The smallest absolute Gasteiger partial charge is 0.312 e. The summed E-state index contributed by atoms with van der Waals surface area (Å²) in [6.07, 6.45) is 0. The Morgan fingerprint density at radius 1 is 1.77 bits per heavy atom. The summed E-state index contributed by atoms with van der Waals surface area (Å²) < 4.78 is 0. The van der Waals surface area contributed by atoms with Crippen LogP contribution in [0.4, 0.5) is 4.79 Å². The summed E-state index contributed by atoms with van der Waals surface area (Å²) in [6.45, 7) is 6.80. The Kier molecular flexibility index (Phi) is 3.98. The van der Waals surface area contributed by atoms with Crippen LogP contribution in [0.1, 0.15) is 6.92 Å². The number of hydrogen-bond donors (Lipinski definition) is 3. The molecule has 0 saturated carbocycles. The maximum Gasteiger partial charge on any atom is 0.312 e. The van der Waals surface area contributed by atoms with E-state index in [2.05, 4.69) is 22.5 Å². The van der Waals surface area contributed by atoms with Crippen molar-refractivity contribution < 1.29 is 4.79 Å². The van der Waals surface area contributed by atoms with Gasteiger partial charge in [0.25, 0.3) is 0 Å². The van der Waals surface area contributed by atoms with Crippen molar-refractivity contribution in [2.45, 2.75) is 13.0 Å². The molecule has 2 amide bonds. The van der Waals surface area contributed by atoms with Crippen LogP contribution in [0.2, 0.25) is 0 Å². The monoisotopic (exact) mass is 186 g/mol. The first-order valence-corrected chi connectivity index (χ1v) is 4.67. The van der Waals surface area contributed by atoms with Gasteiger partial charge in [-0.05, 0) is 6.92 Å². The Balaban J connectivity index is 2.10. The van der Waals surface area contributed by atoms with E-state index in [0.717, 1.165) is 26.2 Å². The molecule has 1 aliphatic rings. The SMILES string of the molecule is CC1CN(CCNC(N)=O)CCN1. The van der Waals surface area contributed by atoms with Gasteiger partial charge in [0.15, 0.2) is 0 Å². The molecule has 0 bridgehead atoms. The zero-order valence-corrected chi connectivity index (χ0v) is 8.05. The molecule has 1 atom stereocenters. The van der Waals surface area contributed by atoms with Crippen molar-refractivity contribution in [2.75, 3.05) is 32.7 Å². The van der Waals surface area contributed by atoms with E-state index in [-0.39, 0.29) is 0 Å².